The average molecular weight is 377 g/mol. The molecule has 0 atom stereocenters. The summed E-state index contributed by atoms with van der Waals surface area (Å²) in [6.45, 7) is 4.40. The van der Waals surface area contributed by atoms with Crippen molar-refractivity contribution >= 4 is 16.0 Å². The number of carbonyl (C=O) groups is 1. The van der Waals surface area contributed by atoms with Crippen LogP contribution >= 0.6 is 0 Å². The second kappa shape index (κ2) is 8.82. The molecule has 0 radical (unpaired) electrons. The minimum Gasteiger partial charge on any atom is -0.492 e. The molecule has 140 valence electrons. The lowest BCUT2D eigenvalue weighted by Crippen LogP contribution is -2.31. The van der Waals surface area contributed by atoms with Gasteiger partial charge in [-0.2, -0.15) is 4.31 Å². The third-order valence-corrected chi connectivity index (χ3v) is 5.64. The SMILES string of the molecule is CCOC(=O)c1ccc(S(=O)(=O)N(C)CCOc2ccc(C)cc2)cc1. The maximum atomic E-state index is 12.6. The second-order valence-corrected chi connectivity index (χ2v) is 7.78. The number of likely N-dealkylation sites (N-methyl/N-ethyl adjacent to an activating group) is 1. The van der Waals surface area contributed by atoms with E-state index in [0.717, 1.165) is 5.56 Å². The Balaban J connectivity index is 1.97. The summed E-state index contributed by atoms with van der Waals surface area (Å²) in [5.41, 5.74) is 1.44. The van der Waals surface area contributed by atoms with Gasteiger partial charge in [0.2, 0.25) is 10.0 Å². The molecule has 26 heavy (non-hydrogen) atoms. The lowest BCUT2D eigenvalue weighted by molar-refractivity contribution is 0.0526. The van der Waals surface area contributed by atoms with Gasteiger partial charge in [0.15, 0.2) is 0 Å². The van der Waals surface area contributed by atoms with Crippen molar-refractivity contribution in [3.8, 4) is 5.75 Å². The number of hydrogen-bond acceptors (Lipinski definition) is 5. The quantitative estimate of drug-likeness (QED) is 0.662. The maximum absolute atomic E-state index is 12.6. The molecule has 0 aliphatic carbocycles. The predicted molar refractivity (Wildman–Crippen MR) is 98.9 cm³/mol. The number of sulfonamides is 1. The Kier molecular flexibility index (Phi) is 6.76. The molecule has 6 nitrogen and oxygen atoms in total. The first kappa shape index (κ1) is 19.9. The van der Waals surface area contributed by atoms with Gasteiger partial charge in [0.05, 0.1) is 17.1 Å². The van der Waals surface area contributed by atoms with Crippen LogP contribution in [0.2, 0.25) is 0 Å². The van der Waals surface area contributed by atoms with E-state index in [1.165, 1.54) is 35.6 Å². The number of benzene rings is 2. The summed E-state index contributed by atoms with van der Waals surface area (Å²) in [5, 5.41) is 0. The van der Waals surface area contributed by atoms with E-state index < -0.39 is 16.0 Å². The highest BCUT2D eigenvalue weighted by Crippen LogP contribution is 2.16. The lowest BCUT2D eigenvalue weighted by Gasteiger charge is -2.17. The van der Waals surface area contributed by atoms with Gasteiger partial charge in [0.25, 0.3) is 0 Å². The molecule has 7 heteroatoms. The van der Waals surface area contributed by atoms with Crippen LogP contribution in [-0.4, -0.2) is 45.5 Å². The number of carbonyl (C=O) groups excluding carboxylic acids is 1. The molecular weight excluding hydrogens is 354 g/mol. The second-order valence-electron chi connectivity index (χ2n) is 5.73. The third-order valence-electron chi connectivity index (χ3n) is 3.77. The summed E-state index contributed by atoms with van der Waals surface area (Å²) in [4.78, 5) is 11.8. The smallest absolute Gasteiger partial charge is 0.338 e. The molecule has 0 unspecified atom stereocenters. The van der Waals surface area contributed by atoms with Crippen molar-refractivity contribution in [2.75, 3.05) is 26.8 Å². The van der Waals surface area contributed by atoms with E-state index in [0.29, 0.717) is 11.3 Å². The fourth-order valence-corrected chi connectivity index (χ4v) is 3.36. The van der Waals surface area contributed by atoms with Gasteiger partial charge in [-0.25, -0.2) is 13.2 Å². The Labute approximate surface area is 154 Å². The number of esters is 1. The number of ether oxygens (including phenoxy) is 2. The first-order chi connectivity index (χ1) is 12.3. The van der Waals surface area contributed by atoms with E-state index >= 15 is 0 Å². The van der Waals surface area contributed by atoms with Crippen LogP contribution in [0.25, 0.3) is 0 Å². The van der Waals surface area contributed by atoms with Gasteiger partial charge in [-0.1, -0.05) is 17.7 Å². The van der Waals surface area contributed by atoms with Crippen molar-refractivity contribution in [2.45, 2.75) is 18.7 Å². The number of aryl methyl sites for hydroxylation is 1. The van der Waals surface area contributed by atoms with Crippen molar-refractivity contribution in [2.24, 2.45) is 0 Å². The average Bonchev–Trinajstić information content (AvgIpc) is 2.63. The van der Waals surface area contributed by atoms with E-state index in [2.05, 4.69) is 0 Å². The molecule has 2 aromatic rings. The lowest BCUT2D eigenvalue weighted by atomic mass is 10.2. The highest BCUT2D eigenvalue weighted by Gasteiger charge is 2.21. The van der Waals surface area contributed by atoms with Gasteiger partial charge < -0.3 is 9.47 Å². The molecule has 0 amide bonds. The van der Waals surface area contributed by atoms with Crippen LogP contribution in [0.15, 0.2) is 53.4 Å². The summed E-state index contributed by atoms with van der Waals surface area (Å²) in [6, 6.07) is 13.2. The maximum Gasteiger partial charge on any atom is 0.338 e. The van der Waals surface area contributed by atoms with E-state index in [-0.39, 0.29) is 24.7 Å². The van der Waals surface area contributed by atoms with Crippen molar-refractivity contribution in [1.82, 2.24) is 4.31 Å². The van der Waals surface area contributed by atoms with Crippen LogP contribution in [0, 0.1) is 6.92 Å². The fourth-order valence-electron chi connectivity index (χ4n) is 2.20. The summed E-state index contributed by atoms with van der Waals surface area (Å²) >= 11 is 0. The number of nitrogens with zero attached hydrogens (tertiary/aromatic N) is 1. The summed E-state index contributed by atoms with van der Waals surface area (Å²) < 4.78 is 36.8. The molecule has 0 aliphatic rings. The Morgan fingerprint density at radius 1 is 1.04 bits per heavy atom. The molecule has 0 fully saturated rings. The molecule has 0 aliphatic heterocycles. The molecule has 0 heterocycles. The first-order valence-corrected chi connectivity index (χ1v) is 9.71. The number of rotatable bonds is 8. The Morgan fingerprint density at radius 2 is 1.65 bits per heavy atom. The molecule has 0 spiro atoms. The van der Waals surface area contributed by atoms with E-state index in [1.54, 1.807) is 6.92 Å². The molecule has 0 N–H and O–H groups in total. The molecule has 0 aromatic heterocycles. The summed E-state index contributed by atoms with van der Waals surface area (Å²) in [7, 11) is -2.16. The first-order valence-electron chi connectivity index (χ1n) is 8.27. The van der Waals surface area contributed by atoms with Crippen molar-refractivity contribution < 1.29 is 22.7 Å². The predicted octanol–water partition coefficient (Wildman–Crippen LogP) is 2.87. The molecule has 0 bridgehead atoms. The van der Waals surface area contributed by atoms with Crippen molar-refractivity contribution in [3.63, 3.8) is 0 Å². The Hall–Kier alpha value is -2.38. The van der Waals surface area contributed by atoms with Crippen LogP contribution in [0.5, 0.6) is 5.75 Å². The summed E-state index contributed by atoms with van der Waals surface area (Å²) in [5.74, 6) is 0.219. The topological polar surface area (TPSA) is 72.9 Å². The van der Waals surface area contributed by atoms with Gasteiger partial charge in [-0.3, -0.25) is 0 Å². The molecule has 0 saturated heterocycles. The van der Waals surface area contributed by atoms with Gasteiger partial charge in [0, 0.05) is 13.6 Å². The minimum atomic E-state index is -3.65. The Bertz CT molecular complexity index is 829. The zero-order valence-corrected chi connectivity index (χ0v) is 16.0. The van der Waals surface area contributed by atoms with E-state index in [4.69, 9.17) is 9.47 Å². The zero-order valence-electron chi connectivity index (χ0n) is 15.1. The van der Waals surface area contributed by atoms with Crippen LogP contribution in [-0.2, 0) is 14.8 Å². The van der Waals surface area contributed by atoms with Crippen molar-refractivity contribution in [1.29, 1.82) is 0 Å². The summed E-state index contributed by atoms with van der Waals surface area (Å²) in [6.07, 6.45) is 0. The number of hydrogen-bond donors (Lipinski definition) is 0. The standard InChI is InChI=1S/C19H23NO5S/c1-4-24-19(21)16-7-11-18(12-8-16)26(22,23)20(3)13-14-25-17-9-5-15(2)6-10-17/h5-12H,4,13-14H2,1-3H3. The molecular formula is C19H23NO5S. The molecule has 2 aromatic carbocycles. The van der Waals surface area contributed by atoms with Crippen molar-refractivity contribution in [3.05, 3.63) is 59.7 Å². The largest absolute Gasteiger partial charge is 0.492 e. The van der Waals surface area contributed by atoms with Crippen LogP contribution in [0.1, 0.15) is 22.8 Å². The van der Waals surface area contributed by atoms with Crippen LogP contribution in [0.3, 0.4) is 0 Å². The van der Waals surface area contributed by atoms with E-state index in [1.807, 2.05) is 31.2 Å². The molecule has 2 rings (SSSR count). The fraction of sp³-hybridized carbons (Fsp3) is 0.316. The highest BCUT2D eigenvalue weighted by molar-refractivity contribution is 7.89. The van der Waals surface area contributed by atoms with Crippen LogP contribution < -0.4 is 4.74 Å². The van der Waals surface area contributed by atoms with Gasteiger partial charge in [-0.05, 0) is 50.2 Å². The normalized spacial score (nSPS) is 11.4. The van der Waals surface area contributed by atoms with E-state index in [9.17, 15) is 13.2 Å². The minimum absolute atomic E-state index is 0.114. The van der Waals surface area contributed by atoms with Gasteiger partial charge >= 0.3 is 5.97 Å². The third kappa shape index (κ3) is 5.06. The highest BCUT2D eigenvalue weighted by atomic mass is 32.2. The molecule has 0 saturated carbocycles. The zero-order chi connectivity index (χ0) is 19.2. The van der Waals surface area contributed by atoms with Crippen LogP contribution in [0.4, 0.5) is 0 Å². The monoisotopic (exact) mass is 377 g/mol. The van der Waals surface area contributed by atoms with Gasteiger partial charge in [0.1, 0.15) is 12.4 Å². The Morgan fingerprint density at radius 3 is 2.23 bits per heavy atom. The van der Waals surface area contributed by atoms with Gasteiger partial charge in [-0.15, -0.1) is 0 Å².